The molecule has 0 aromatic rings. The first-order valence-corrected chi connectivity index (χ1v) is 6.95. The van der Waals surface area contributed by atoms with Gasteiger partial charge < -0.3 is 11.1 Å². The van der Waals surface area contributed by atoms with Crippen molar-refractivity contribution in [1.29, 1.82) is 0 Å². The topological polar surface area (TPSA) is 53.6 Å². The number of rotatable bonds is 7. The van der Waals surface area contributed by atoms with Crippen molar-refractivity contribution in [2.45, 2.75) is 46.1 Å². The third kappa shape index (κ3) is 4.94. The summed E-state index contributed by atoms with van der Waals surface area (Å²) >= 11 is 0. The normalized spacial score (nSPS) is 19.2. The van der Waals surface area contributed by atoms with Crippen molar-refractivity contribution in [3.8, 4) is 0 Å². The molecule has 0 heterocycles. The summed E-state index contributed by atoms with van der Waals surface area (Å²) in [5.74, 6) is 1.43. The molecule has 1 aliphatic rings. The Hall–Kier alpha value is -0.770. The van der Waals surface area contributed by atoms with Crippen molar-refractivity contribution in [3.63, 3.8) is 0 Å². The largest absolute Gasteiger partial charge is 0.370 e. The van der Waals surface area contributed by atoms with Gasteiger partial charge in [-0.15, -0.1) is 0 Å². The lowest BCUT2D eigenvalue weighted by molar-refractivity contribution is 0.237. The van der Waals surface area contributed by atoms with Crippen LogP contribution in [0.25, 0.3) is 0 Å². The molecule has 4 nitrogen and oxygen atoms in total. The molecular weight excluding hydrogens is 212 g/mol. The van der Waals surface area contributed by atoms with Crippen molar-refractivity contribution in [3.05, 3.63) is 0 Å². The molecular formula is C13H28N4. The molecule has 1 rings (SSSR count). The van der Waals surface area contributed by atoms with Crippen LogP contribution < -0.4 is 11.1 Å². The Balaban J connectivity index is 2.20. The molecule has 0 aromatic heterocycles. The van der Waals surface area contributed by atoms with Crippen LogP contribution in [0.4, 0.5) is 0 Å². The first-order chi connectivity index (χ1) is 8.17. The number of aliphatic imine (C=N–C) groups is 1. The predicted octanol–water partition coefficient (Wildman–Crippen LogP) is 1.42. The standard InChI is InChI=1S/C13H28N4/c1-4-17(5-2)11(3)9-15-13(14)16-10-12-7-6-8-12/h11-12H,4-10H2,1-3H3,(H3,14,15,16). The Labute approximate surface area is 106 Å². The molecule has 17 heavy (non-hydrogen) atoms. The van der Waals surface area contributed by atoms with E-state index in [-0.39, 0.29) is 0 Å². The third-order valence-corrected chi connectivity index (χ3v) is 3.76. The molecule has 100 valence electrons. The summed E-state index contributed by atoms with van der Waals surface area (Å²) in [7, 11) is 0. The summed E-state index contributed by atoms with van der Waals surface area (Å²) in [4.78, 5) is 6.80. The number of likely N-dealkylation sites (N-methyl/N-ethyl adjacent to an activating group) is 1. The molecule has 0 radical (unpaired) electrons. The molecule has 0 saturated heterocycles. The van der Waals surface area contributed by atoms with Gasteiger partial charge in [0.15, 0.2) is 5.96 Å². The average Bonchev–Trinajstić information content (AvgIpc) is 2.26. The molecule has 0 aromatic carbocycles. The molecule has 1 fully saturated rings. The fourth-order valence-corrected chi connectivity index (χ4v) is 2.19. The number of nitrogens with one attached hydrogen (secondary N) is 1. The van der Waals surface area contributed by atoms with Gasteiger partial charge in [-0.1, -0.05) is 20.3 Å². The fraction of sp³-hybridized carbons (Fsp3) is 0.923. The van der Waals surface area contributed by atoms with E-state index in [1.807, 2.05) is 0 Å². The van der Waals surface area contributed by atoms with Crippen LogP contribution in [-0.2, 0) is 0 Å². The second kappa shape index (κ2) is 7.54. The molecule has 3 N–H and O–H groups in total. The van der Waals surface area contributed by atoms with Crippen LogP contribution in [0.2, 0.25) is 0 Å². The van der Waals surface area contributed by atoms with Crippen LogP contribution in [0.15, 0.2) is 4.99 Å². The van der Waals surface area contributed by atoms with Crippen molar-refractivity contribution in [2.24, 2.45) is 16.6 Å². The van der Waals surface area contributed by atoms with Crippen LogP contribution in [0.5, 0.6) is 0 Å². The molecule has 0 spiro atoms. The highest BCUT2D eigenvalue weighted by Gasteiger charge is 2.16. The average molecular weight is 240 g/mol. The van der Waals surface area contributed by atoms with Gasteiger partial charge in [-0.3, -0.25) is 9.89 Å². The van der Waals surface area contributed by atoms with E-state index in [0.717, 1.165) is 32.1 Å². The molecule has 1 saturated carbocycles. The summed E-state index contributed by atoms with van der Waals surface area (Å²) in [5, 5.41) is 3.22. The summed E-state index contributed by atoms with van der Waals surface area (Å²) in [5.41, 5.74) is 5.85. The fourth-order valence-electron chi connectivity index (χ4n) is 2.19. The van der Waals surface area contributed by atoms with E-state index in [2.05, 4.69) is 36.0 Å². The van der Waals surface area contributed by atoms with E-state index in [1.165, 1.54) is 19.3 Å². The Bertz CT molecular complexity index is 232. The Morgan fingerprint density at radius 2 is 2.06 bits per heavy atom. The van der Waals surface area contributed by atoms with Crippen LogP contribution in [0.1, 0.15) is 40.0 Å². The highest BCUT2D eigenvalue weighted by Crippen LogP contribution is 2.24. The van der Waals surface area contributed by atoms with Crippen LogP contribution in [0.3, 0.4) is 0 Å². The summed E-state index contributed by atoms with van der Waals surface area (Å²) in [6.07, 6.45) is 4.06. The first kappa shape index (κ1) is 14.3. The number of hydrogen-bond acceptors (Lipinski definition) is 2. The van der Waals surface area contributed by atoms with Crippen molar-refractivity contribution in [2.75, 3.05) is 26.2 Å². The molecule has 0 amide bonds. The van der Waals surface area contributed by atoms with E-state index < -0.39 is 0 Å². The maximum Gasteiger partial charge on any atom is 0.188 e. The van der Waals surface area contributed by atoms with E-state index in [1.54, 1.807) is 0 Å². The molecule has 1 unspecified atom stereocenters. The monoisotopic (exact) mass is 240 g/mol. The van der Waals surface area contributed by atoms with Crippen LogP contribution in [0, 0.1) is 5.92 Å². The SMILES string of the molecule is CCN(CC)C(C)CN=C(N)NCC1CCC1. The third-order valence-electron chi connectivity index (χ3n) is 3.76. The number of nitrogens with zero attached hydrogens (tertiary/aromatic N) is 2. The lowest BCUT2D eigenvalue weighted by Crippen LogP contribution is -2.39. The lowest BCUT2D eigenvalue weighted by Gasteiger charge is -2.26. The molecule has 4 heteroatoms. The smallest absolute Gasteiger partial charge is 0.188 e. The van der Waals surface area contributed by atoms with Crippen molar-refractivity contribution >= 4 is 5.96 Å². The van der Waals surface area contributed by atoms with Gasteiger partial charge in [0.05, 0.1) is 6.54 Å². The summed E-state index contributed by atoms with van der Waals surface area (Å²) in [6.45, 7) is 10.5. The van der Waals surface area contributed by atoms with Gasteiger partial charge in [-0.05, 0) is 38.8 Å². The maximum atomic E-state index is 5.85. The molecule has 1 aliphatic carbocycles. The highest BCUT2D eigenvalue weighted by atomic mass is 15.2. The first-order valence-electron chi connectivity index (χ1n) is 6.95. The minimum atomic E-state index is 0.467. The van der Waals surface area contributed by atoms with Gasteiger partial charge in [-0.2, -0.15) is 0 Å². The van der Waals surface area contributed by atoms with Crippen LogP contribution >= 0.6 is 0 Å². The van der Waals surface area contributed by atoms with Gasteiger partial charge in [0.1, 0.15) is 0 Å². The highest BCUT2D eigenvalue weighted by molar-refractivity contribution is 5.77. The predicted molar refractivity (Wildman–Crippen MR) is 74.2 cm³/mol. The zero-order valence-corrected chi connectivity index (χ0v) is 11.6. The van der Waals surface area contributed by atoms with Gasteiger partial charge in [0.25, 0.3) is 0 Å². The number of hydrogen-bond donors (Lipinski definition) is 2. The second-order valence-electron chi connectivity index (χ2n) is 4.97. The van der Waals surface area contributed by atoms with Gasteiger partial charge in [-0.25, -0.2) is 0 Å². The molecule has 1 atom stereocenters. The van der Waals surface area contributed by atoms with Gasteiger partial charge in [0, 0.05) is 12.6 Å². The van der Waals surface area contributed by atoms with Crippen molar-refractivity contribution in [1.82, 2.24) is 10.2 Å². The number of guanidine groups is 1. The zero-order chi connectivity index (χ0) is 12.7. The maximum absolute atomic E-state index is 5.85. The van der Waals surface area contributed by atoms with Gasteiger partial charge >= 0.3 is 0 Å². The second-order valence-corrected chi connectivity index (χ2v) is 4.97. The Kier molecular flexibility index (Phi) is 6.34. The Morgan fingerprint density at radius 3 is 2.53 bits per heavy atom. The van der Waals surface area contributed by atoms with E-state index in [4.69, 9.17) is 5.73 Å². The zero-order valence-electron chi connectivity index (χ0n) is 11.6. The molecule has 0 bridgehead atoms. The minimum Gasteiger partial charge on any atom is -0.370 e. The van der Waals surface area contributed by atoms with E-state index in [9.17, 15) is 0 Å². The van der Waals surface area contributed by atoms with Gasteiger partial charge in [0.2, 0.25) is 0 Å². The lowest BCUT2D eigenvalue weighted by atomic mass is 9.85. The van der Waals surface area contributed by atoms with E-state index in [0.29, 0.717) is 12.0 Å². The number of nitrogens with two attached hydrogens (primary N) is 1. The Morgan fingerprint density at radius 1 is 1.41 bits per heavy atom. The quantitative estimate of drug-likeness (QED) is 0.523. The summed E-state index contributed by atoms with van der Waals surface area (Å²) < 4.78 is 0. The van der Waals surface area contributed by atoms with E-state index >= 15 is 0 Å². The van der Waals surface area contributed by atoms with Crippen LogP contribution in [-0.4, -0.2) is 43.1 Å². The molecule has 0 aliphatic heterocycles. The summed E-state index contributed by atoms with van der Waals surface area (Å²) in [6, 6.07) is 0.467. The van der Waals surface area contributed by atoms with Crippen molar-refractivity contribution < 1.29 is 0 Å². The minimum absolute atomic E-state index is 0.467.